The Labute approximate surface area is 112 Å². The quantitative estimate of drug-likeness (QED) is 0.796. The minimum absolute atomic E-state index is 0.0342. The zero-order valence-electron chi connectivity index (χ0n) is 10.7. The van der Waals surface area contributed by atoms with Crippen LogP contribution in [0.5, 0.6) is 0 Å². The van der Waals surface area contributed by atoms with Gasteiger partial charge in [-0.05, 0) is 19.1 Å². The Morgan fingerprint density at radius 2 is 1.85 bits per heavy atom. The van der Waals surface area contributed by atoms with Gasteiger partial charge in [-0.1, -0.05) is 18.2 Å². The predicted molar refractivity (Wildman–Crippen MR) is 64.6 cm³/mol. The molecule has 7 heteroatoms. The zero-order valence-corrected chi connectivity index (χ0v) is 10.7. The number of halogens is 3. The number of methoxy groups -OCH3 is 1. The van der Waals surface area contributed by atoms with Crippen molar-refractivity contribution in [3.05, 3.63) is 47.3 Å². The van der Waals surface area contributed by atoms with Gasteiger partial charge in [-0.3, -0.25) is 0 Å². The normalized spacial score (nSPS) is 11.4. The average Bonchev–Trinajstić information content (AvgIpc) is 2.76. The molecule has 0 aliphatic rings. The predicted octanol–water partition coefficient (Wildman–Crippen LogP) is 2.99. The number of hydrogen-bond donors (Lipinski definition) is 0. The molecule has 1 aromatic carbocycles. The van der Waals surface area contributed by atoms with Gasteiger partial charge in [0.25, 0.3) is 0 Å². The summed E-state index contributed by atoms with van der Waals surface area (Å²) in [5, 5.41) is 3.81. The van der Waals surface area contributed by atoms with Crippen LogP contribution in [-0.4, -0.2) is 22.9 Å². The first-order valence-electron chi connectivity index (χ1n) is 5.66. The first-order chi connectivity index (χ1) is 9.36. The fourth-order valence-electron chi connectivity index (χ4n) is 1.89. The van der Waals surface area contributed by atoms with Crippen molar-refractivity contribution in [2.45, 2.75) is 13.1 Å². The zero-order chi connectivity index (χ0) is 14.9. The van der Waals surface area contributed by atoms with Crippen molar-refractivity contribution in [2.75, 3.05) is 7.11 Å². The van der Waals surface area contributed by atoms with Crippen molar-refractivity contribution in [3.63, 3.8) is 0 Å². The van der Waals surface area contributed by atoms with E-state index in [0.717, 1.165) is 7.11 Å². The molecule has 1 heterocycles. The van der Waals surface area contributed by atoms with Crippen molar-refractivity contribution < 1.29 is 22.7 Å². The van der Waals surface area contributed by atoms with E-state index in [4.69, 9.17) is 0 Å². The molecule has 0 saturated carbocycles. The Balaban J connectivity index is 2.74. The van der Waals surface area contributed by atoms with Crippen LogP contribution in [0.3, 0.4) is 0 Å². The van der Waals surface area contributed by atoms with E-state index in [2.05, 4.69) is 9.84 Å². The number of ether oxygens (including phenoxy) is 1. The van der Waals surface area contributed by atoms with E-state index in [-0.39, 0.29) is 11.4 Å². The third-order valence-electron chi connectivity index (χ3n) is 2.72. The van der Waals surface area contributed by atoms with E-state index < -0.39 is 23.4 Å². The Hall–Kier alpha value is -2.31. The second-order valence-corrected chi connectivity index (χ2v) is 4.05. The maximum atomic E-state index is 13.2. The Morgan fingerprint density at radius 1 is 1.25 bits per heavy atom. The Morgan fingerprint density at radius 3 is 2.35 bits per heavy atom. The van der Waals surface area contributed by atoms with E-state index in [9.17, 15) is 18.0 Å². The lowest BCUT2D eigenvalue weighted by Gasteiger charge is -2.11. The molecule has 2 rings (SSSR count). The van der Waals surface area contributed by atoms with Crippen LogP contribution >= 0.6 is 0 Å². The van der Waals surface area contributed by atoms with Gasteiger partial charge < -0.3 is 4.74 Å². The van der Waals surface area contributed by atoms with Gasteiger partial charge >= 0.3 is 12.1 Å². The molecule has 0 bridgehead atoms. The molecular formula is C13H11F3N2O2. The highest BCUT2D eigenvalue weighted by molar-refractivity contribution is 5.92. The average molecular weight is 284 g/mol. The number of alkyl halides is 3. The maximum absolute atomic E-state index is 13.2. The van der Waals surface area contributed by atoms with E-state index in [1.807, 2.05) is 0 Å². The summed E-state index contributed by atoms with van der Waals surface area (Å²) < 4.78 is 44.8. The van der Waals surface area contributed by atoms with Crippen LogP contribution < -0.4 is 0 Å². The maximum Gasteiger partial charge on any atom is 0.434 e. The monoisotopic (exact) mass is 284 g/mol. The Bertz CT molecular complexity index is 633. The molecule has 0 spiro atoms. The first-order valence-corrected chi connectivity index (χ1v) is 5.66. The van der Waals surface area contributed by atoms with Crippen molar-refractivity contribution >= 4 is 5.97 Å². The Kier molecular flexibility index (Phi) is 3.52. The number of aryl methyl sites for hydroxylation is 1. The van der Waals surface area contributed by atoms with E-state index in [1.54, 1.807) is 18.2 Å². The fraction of sp³-hybridized carbons (Fsp3) is 0.231. The SMILES string of the molecule is COC(=O)c1c(C)nn(-c2ccccc2)c1C(F)(F)F. The molecule has 0 aliphatic heterocycles. The van der Waals surface area contributed by atoms with Crippen molar-refractivity contribution in [1.82, 2.24) is 9.78 Å². The molecule has 0 unspecified atom stereocenters. The van der Waals surface area contributed by atoms with Gasteiger partial charge in [-0.25, -0.2) is 9.48 Å². The molecule has 0 aliphatic carbocycles. The van der Waals surface area contributed by atoms with Gasteiger partial charge in [0.05, 0.1) is 18.5 Å². The highest BCUT2D eigenvalue weighted by Crippen LogP contribution is 2.35. The lowest BCUT2D eigenvalue weighted by molar-refractivity contribution is -0.143. The molecule has 1 aromatic heterocycles. The van der Waals surface area contributed by atoms with Gasteiger partial charge in [0.1, 0.15) is 5.56 Å². The molecule has 0 saturated heterocycles. The largest absolute Gasteiger partial charge is 0.465 e. The molecule has 0 atom stereocenters. The van der Waals surface area contributed by atoms with E-state index >= 15 is 0 Å². The van der Waals surface area contributed by atoms with Crippen LogP contribution in [0.15, 0.2) is 30.3 Å². The van der Waals surface area contributed by atoms with Crippen LogP contribution in [0.1, 0.15) is 21.7 Å². The summed E-state index contributed by atoms with van der Waals surface area (Å²) in [5.41, 5.74) is -1.51. The number of hydrogen-bond acceptors (Lipinski definition) is 3. The van der Waals surface area contributed by atoms with Crippen molar-refractivity contribution in [3.8, 4) is 5.69 Å². The number of carbonyl (C=O) groups excluding carboxylic acids is 1. The van der Waals surface area contributed by atoms with Crippen LogP contribution in [0.25, 0.3) is 5.69 Å². The van der Waals surface area contributed by atoms with Gasteiger partial charge in [0.2, 0.25) is 0 Å². The molecule has 4 nitrogen and oxygen atoms in total. The molecule has 0 amide bonds. The summed E-state index contributed by atoms with van der Waals surface area (Å²) in [7, 11) is 1.03. The molecule has 0 fully saturated rings. The number of para-hydroxylation sites is 1. The fourth-order valence-corrected chi connectivity index (χ4v) is 1.89. The van der Waals surface area contributed by atoms with Gasteiger partial charge in [0.15, 0.2) is 5.69 Å². The summed E-state index contributed by atoms with van der Waals surface area (Å²) in [6.45, 7) is 1.33. The number of carbonyl (C=O) groups is 1. The van der Waals surface area contributed by atoms with Crippen LogP contribution in [0.4, 0.5) is 13.2 Å². The van der Waals surface area contributed by atoms with Crippen molar-refractivity contribution in [1.29, 1.82) is 0 Å². The third-order valence-corrected chi connectivity index (χ3v) is 2.72. The molecule has 20 heavy (non-hydrogen) atoms. The topological polar surface area (TPSA) is 44.1 Å². The number of rotatable bonds is 2. The van der Waals surface area contributed by atoms with Gasteiger partial charge in [0, 0.05) is 0 Å². The molecular weight excluding hydrogens is 273 g/mol. The summed E-state index contributed by atoms with van der Waals surface area (Å²) in [6.07, 6.45) is -4.72. The number of benzene rings is 1. The highest BCUT2D eigenvalue weighted by atomic mass is 19.4. The summed E-state index contributed by atoms with van der Waals surface area (Å²) >= 11 is 0. The van der Waals surface area contributed by atoms with Gasteiger partial charge in [-0.15, -0.1) is 0 Å². The molecule has 0 radical (unpaired) electrons. The summed E-state index contributed by atoms with van der Waals surface area (Å²) in [4.78, 5) is 11.6. The molecule has 0 N–H and O–H groups in total. The standard InChI is InChI=1S/C13H11F3N2O2/c1-8-10(12(19)20-2)11(13(14,15)16)18(17-8)9-6-4-3-5-7-9/h3-7H,1-2H3. The number of aromatic nitrogens is 2. The highest BCUT2D eigenvalue weighted by Gasteiger charge is 2.42. The molecule has 2 aromatic rings. The third kappa shape index (κ3) is 2.38. The van der Waals surface area contributed by atoms with Crippen LogP contribution in [-0.2, 0) is 10.9 Å². The summed E-state index contributed by atoms with van der Waals surface area (Å²) in [5.74, 6) is -1.06. The van der Waals surface area contributed by atoms with Crippen LogP contribution in [0.2, 0.25) is 0 Å². The van der Waals surface area contributed by atoms with Gasteiger partial charge in [-0.2, -0.15) is 18.3 Å². The van der Waals surface area contributed by atoms with E-state index in [1.165, 1.54) is 19.1 Å². The first kappa shape index (κ1) is 14.1. The minimum Gasteiger partial charge on any atom is -0.465 e. The van der Waals surface area contributed by atoms with E-state index in [0.29, 0.717) is 4.68 Å². The smallest absolute Gasteiger partial charge is 0.434 e. The van der Waals surface area contributed by atoms with Crippen LogP contribution in [0, 0.1) is 6.92 Å². The lowest BCUT2D eigenvalue weighted by Crippen LogP contribution is -2.18. The second kappa shape index (κ2) is 4.99. The van der Waals surface area contributed by atoms with Crippen molar-refractivity contribution in [2.24, 2.45) is 0 Å². The number of esters is 1. The molecule has 106 valence electrons. The minimum atomic E-state index is -4.72. The lowest BCUT2D eigenvalue weighted by atomic mass is 10.2. The second-order valence-electron chi connectivity index (χ2n) is 4.05. The summed E-state index contributed by atoms with van der Waals surface area (Å²) in [6, 6.07) is 7.80. The number of nitrogens with zero attached hydrogens (tertiary/aromatic N) is 2.